The number of ether oxygens (including phenoxy) is 1. The van der Waals surface area contributed by atoms with Gasteiger partial charge in [0.15, 0.2) is 0 Å². The van der Waals surface area contributed by atoms with E-state index in [9.17, 15) is 0 Å². The van der Waals surface area contributed by atoms with Crippen molar-refractivity contribution in [3.8, 4) is 5.75 Å². The minimum atomic E-state index is 0.496. The van der Waals surface area contributed by atoms with Gasteiger partial charge in [0.05, 0.1) is 12.1 Å². The van der Waals surface area contributed by atoms with E-state index in [1.54, 1.807) is 0 Å². The van der Waals surface area contributed by atoms with E-state index in [-0.39, 0.29) is 0 Å². The predicted molar refractivity (Wildman–Crippen MR) is 82.1 cm³/mol. The molecule has 0 aliphatic heterocycles. The van der Waals surface area contributed by atoms with Crippen LogP contribution in [0.4, 0.5) is 5.95 Å². The third kappa shape index (κ3) is 2.35. The van der Waals surface area contributed by atoms with Crippen LogP contribution in [-0.4, -0.2) is 16.2 Å². The van der Waals surface area contributed by atoms with Crippen LogP contribution in [0.3, 0.4) is 0 Å². The number of nitrogens with zero attached hydrogens (tertiary/aromatic N) is 2. The number of fused-ring (bicyclic) bond motifs is 1. The Kier molecular flexibility index (Phi) is 3.81. The second kappa shape index (κ2) is 5.73. The van der Waals surface area contributed by atoms with Gasteiger partial charge in [-0.2, -0.15) is 0 Å². The molecule has 2 aromatic rings. The first-order chi connectivity index (χ1) is 9.81. The molecule has 20 heavy (non-hydrogen) atoms. The summed E-state index contributed by atoms with van der Waals surface area (Å²) < 4.78 is 8.01. The first-order valence-electron chi connectivity index (χ1n) is 7.70. The zero-order valence-electron chi connectivity index (χ0n) is 12.1. The van der Waals surface area contributed by atoms with Crippen LogP contribution >= 0.6 is 0 Å². The van der Waals surface area contributed by atoms with Gasteiger partial charge in [-0.3, -0.25) is 0 Å². The minimum absolute atomic E-state index is 0.496. The molecule has 0 spiro atoms. The van der Waals surface area contributed by atoms with Gasteiger partial charge in [0.2, 0.25) is 5.95 Å². The molecule has 1 heterocycles. The molecule has 4 heteroatoms. The van der Waals surface area contributed by atoms with Gasteiger partial charge in [0, 0.05) is 6.04 Å². The van der Waals surface area contributed by atoms with Crippen LogP contribution in [0.2, 0.25) is 0 Å². The largest absolute Gasteiger partial charge is 0.491 e. The summed E-state index contributed by atoms with van der Waals surface area (Å²) in [5.41, 5.74) is 8.20. The van der Waals surface area contributed by atoms with E-state index in [0.29, 0.717) is 12.0 Å². The Hall–Kier alpha value is -1.71. The lowest BCUT2D eigenvalue weighted by Gasteiger charge is -2.24. The van der Waals surface area contributed by atoms with Gasteiger partial charge in [0.1, 0.15) is 11.3 Å². The molecular formula is C16H23N3O. The monoisotopic (exact) mass is 273 g/mol. The van der Waals surface area contributed by atoms with Crippen LogP contribution in [0.5, 0.6) is 5.75 Å². The molecule has 1 aromatic carbocycles. The smallest absolute Gasteiger partial charge is 0.201 e. The molecule has 4 nitrogen and oxygen atoms in total. The summed E-state index contributed by atoms with van der Waals surface area (Å²) in [5, 5.41) is 0. The molecule has 108 valence electrons. The zero-order valence-corrected chi connectivity index (χ0v) is 12.1. The predicted octanol–water partition coefficient (Wildman–Crippen LogP) is 3.91. The number of imidazole rings is 1. The van der Waals surface area contributed by atoms with E-state index in [1.165, 1.54) is 32.1 Å². The van der Waals surface area contributed by atoms with E-state index >= 15 is 0 Å². The summed E-state index contributed by atoms with van der Waals surface area (Å²) in [6.45, 7) is 2.82. The minimum Gasteiger partial charge on any atom is -0.491 e. The highest BCUT2D eigenvalue weighted by Gasteiger charge is 2.21. The lowest BCUT2D eigenvalue weighted by Crippen LogP contribution is -2.14. The maximum atomic E-state index is 6.18. The number of anilines is 1. The zero-order chi connectivity index (χ0) is 13.9. The molecule has 1 saturated carbocycles. The van der Waals surface area contributed by atoms with Crippen molar-refractivity contribution in [1.82, 2.24) is 9.55 Å². The highest BCUT2D eigenvalue weighted by atomic mass is 16.5. The van der Waals surface area contributed by atoms with Gasteiger partial charge in [0.25, 0.3) is 0 Å². The highest BCUT2D eigenvalue weighted by molar-refractivity contribution is 5.84. The van der Waals surface area contributed by atoms with Crippen LogP contribution in [0, 0.1) is 0 Å². The van der Waals surface area contributed by atoms with Crippen molar-refractivity contribution in [2.45, 2.75) is 51.5 Å². The van der Waals surface area contributed by atoms with Gasteiger partial charge < -0.3 is 15.0 Å². The molecule has 1 fully saturated rings. The van der Waals surface area contributed by atoms with E-state index in [2.05, 4.69) is 22.5 Å². The fraction of sp³-hybridized carbons (Fsp3) is 0.562. The Morgan fingerprint density at radius 2 is 2.10 bits per heavy atom. The van der Waals surface area contributed by atoms with Crippen molar-refractivity contribution in [1.29, 1.82) is 0 Å². The number of nitrogen functional groups attached to an aromatic ring is 1. The summed E-state index contributed by atoms with van der Waals surface area (Å²) >= 11 is 0. The summed E-state index contributed by atoms with van der Waals surface area (Å²) in [7, 11) is 0. The third-order valence-electron chi connectivity index (χ3n) is 4.11. The molecule has 0 saturated heterocycles. The maximum absolute atomic E-state index is 6.18. The summed E-state index contributed by atoms with van der Waals surface area (Å²) in [6, 6.07) is 6.62. The molecule has 0 atom stereocenters. The van der Waals surface area contributed by atoms with E-state index in [0.717, 1.165) is 29.8 Å². The van der Waals surface area contributed by atoms with Crippen molar-refractivity contribution in [2.75, 3.05) is 12.3 Å². The first-order valence-corrected chi connectivity index (χ1v) is 7.70. The van der Waals surface area contributed by atoms with Crippen LogP contribution in [0.1, 0.15) is 51.5 Å². The Bertz CT molecular complexity index is 585. The molecule has 0 amide bonds. The van der Waals surface area contributed by atoms with E-state index in [1.807, 2.05) is 12.1 Å². The van der Waals surface area contributed by atoms with Gasteiger partial charge >= 0.3 is 0 Å². The lowest BCUT2D eigenvalue weighted by atomic mass is 9.95. The van der Waals surface area contributed by atoms with Crippen LogP contribution in [0.25, 0.3) is 11.0 Å². The van der Waals surface area contributed by atoms with Crippen molar-refractivity contribution < 1.29 is 4.74 Å². The number of nitrogens with two attached hydrogens (primary N) is 1. The second-order valence-corrected chi connectivity index (χ2v) is 5.60. The number of aromatic nitrogens is 2. The third-order valence-corrected chi connectivity index (χ3v) is 4.11. The van der Waals surface area contributed by atoms with Crippen molar-refractivity contribution in [2.24, 2.45) is 0 Å². The van der Waals surface area contributed by atoms with Gasteiger partial charge in [-0.15, -0.1) is 0 Å². The summed E-state index contributed by atoms with van der Waals surface area (Å²) in [4.78, 5) is 4.56. The van der Waals surface area contributed by atoms with Crippen molar-refractivity contribution >= 4 is 17.0 Å². The lowest BCUT2D eigenvalue weighted by molar-refractivity contribution is 0.320. The average molecular weight is 273 g/mol. The molecule has 1 aromatic heterocycles. The molecule has 2 N–H and O–H groups in total. The van der Waals surface area contributed by atoms with Crippen LogP contribution < -0.4 is 10.5 Å². The normalized spacial score (nSPS) is 16.6. The van der Waals surface area contributed by atoms with Crippen LogP contribution in [-0.2, 0) is 0 Å². The summed E-state index contributed by atoms with van der Waals surface area (Å²) in [5.74, 6) is 1.48. The highest BCUT2D eigenvalue weighted by Crippen LogP contribution is 2.35. The molecule has 1 aliphatic carbocycles. The Morgan fingerprint density at radius 1 is 1.30 bits per heavy atom. The Labute approximate surface area is 119 Å². The number of hydrogen-bond acceptors (Lipinski definition) is 3. The van der Waals surface area contributed by atoms with E-state index < -0.39 is 0 Å². The standard InChI is InChI=1S/C16H23N3O/c1-2-11-20-14-10-6-9-13-15(14)18-16(17)19(13)12-7-4-3-5-8-12/h6,9-10,12H,2-5,7-8,11H2,1H3,(H2,17,18). The fourth-order valence-corrected chi connectivity index (χ4v) is 3.16. The van der Waals surface area contributed by atoms with Gasteiger partial charge in [-0.05, 0) is 31.4 Å². The maximum Gasteiger partial charge on any atom is 0.201 e. The fourth-order valence-electron chi connectivity index (χ4n) is 3.16. The van der Waals surface area contributed by atoms with Gasteiger partial charge in [-0.25, -0.2) is 4.98 Å². The Balaban J connectivity index is 2.02. The molecule has 0 radical (unpaired) electrons. The number of rotatable bonds is 4. The second-order valence-electron chi connectivity index (χ2n) is 5.60. The average Bonchev–Trinajstić information content (AvgIpc) is 2.82. The Morgan fingerprint density at radius 3 is 2.85 bits per heavy atom. The van der Waals surface area contributed by atoms with E-state index in [4.69, 9.17) is 10.5 Å². The number of benzene rings is 1. The van der Waals surface area contributed by atoms with Crippen molar-refractivity contribution in [3.63, 3.8) is 0 Å². The topological polar surface area (TPSA) is 53.1 Å². The molecule has 1 aliphatic rings. The number of hydrogen-bond donors (Lipinski definition) is 1. The first kappa shape index (κ1) is 13.3. The van der Waals surface area contributed by atoms with Crippen molar-refractivity contribution in [3.05, 3.63) is 18.2 Å². The molecule has 0 bridgehead atoms. The van der Waals surface area contributed by atoms with Gasteiger partial charge in [-0.1, -0.05) is 32.3 Å². The molecular weight excluding hydrogens is 250 g/mol. The molecule has 0 unspecified atom stereocenters. The number of para-hydroxylation sites is 1. The SMILES string of the molecule is CCCOc1cccc2c1nc(N)n2C1CCCCC1. The quantitative estimate of drug-likeness (QED) is 0.918. The van der Waals surface area contributed by atoms with Crippen LogP contribution in [0.15, 0.2) is 18.2 Å². The summed E-state index contributed by atoms with van der Waals surface area (Å²) in [6.07, 6.45) is 7.32. The molecule has 3 rings (SSSR count).